The second kappa shape index (κ2) is 6.33. The number of methoxy groups -OCH3 is 1. The molecular formula is C13H17N5OS. The van der Waals surface area contributed by atoms with Crippen LogP contribution in [0.25, 0.3) is 5.69 Å². The molecule has 1 aromatic heterocycles. The molecule has 7 heteroatoms. The Labute approximate surface area is 121 Å². The van der Waals surface area contributed by atoms with Crippen LogP contribution in [-0.4, -0.2) is 21.8 Å². The molecule has 6 nitrogen and oxygen atoms in total. The summed E-state index contributed by atoms with van der Waals surface area (Å²) in [7, 11) is 1.62. The van der Waals surface area contributed by atoms with Gasteiger partial charge in [0.05, 0.1) is 12.8 Å². The van der Waals surface area contributed by atoms with E-state index in [9.17, 15) is 0 Å². The molecule has 0 aliphatic carbocycles. The van der Waals surface area contributed by atoms with Crippen molar-refractivity contribution in [1.82, 2.24) is 8.94 Å². The first kappa shape index (κ1) is 14.3. The van der Waals surface area contributed by atoms with Crippen molar-refractivity contribution in [1.29, 1.82) is 5.41 Å². The Morgan fingerprint density at radius 3 is 2.75 bits per heavy atom. The molecule has 0 saturated heterocycles. The van der Waals surface area contributed by atoms with Crippen molar-refractivity contribution >= 4 is 23.2 Å². The highest BCUT2D eigenvalue weighted by atomic mass is 32.1. The molecule has 20 heavy (non-hydrogen) atoms. The molecule has 2 N–H and O–H groups in total. The van der Waals surface area contributed by atoms with E-state index in [4.69, 9.17) is 10.1 Å². The Kier molecular flexibility index (Phi) is 4.52. The number of hydrazone groups is 1. The summed E-state index contributed by atoms with van der Waals surface area (Å²) in [5, 5.41) is 12.2. The van der Waals surface area contributed by atoms with Gasteiger partial charge < -0.3 is 4.74 Å². The maximum atomic E-state index is 7.96. The second-order valence-electron chi connectivity index (χ2n) is 4.16. The Balaban J connectivity index is 2.35. The van der Waals surface area contributed by atoms with E-state index in [1.54, 1.807) is 11.7 Å². The van der Waals surface area contributed by atoms with Crippen molar-refractivity contribution in [3.63, 3.8) is 0 Å². The normalized spacial score (nSPS) is 11.4. The maximum absolute atomic E-state index is 7.96. The summed E-state index contributed by atoms with van der Waals surface area (Å²) in [6.07, 6.45) is 0.868. The number of anilines is 1. The number of hydrogen-bond donors (Lipinski definition) is 2. The molecule has 1 heterocycles. The van der Waals surface area contributed by atoms with Crippen molar-refractivity contribution in [2.75, 3.05) is 12.5 Å². The lowest BCUT2D eigenvalue weighted by atomic mass is 10.3. The van der Waals surface area contributed by atoms with E-state index in [0.29, 0.717) is 10.7 Å². The van der Waals surface area contributed by atoms with Crippen LogP contribution < -0.4 is 15.0 Å². The van der Waals surface area contributed by atoms with Gasteiger partial charge in [-0.05, 0) is 37.6 Å². The molecule has 0 amide bonds. The highest BCUT2D eigenvalue weighted by molar-refractivity contribution is 7.03. The minimum atomic E-state index is 0.335. The molecule has 0 spiro atoms. The molecule has 2 rings (SSSR count). The van der Waals surface area contributed by atoms with Crippen LogP contribution in [0.4, 0.5) is 5.95 Å². The van der Waals surface area contributed by atoms with E-state index in [1.165, 1.54) is 0 Å². The monoisotopic (exact) mass is 291 g/mol. The summed E-state index contributed by atoms with van der Waals surface area (Å²) < 4.78 is 11.0. The summed E-state index contributed by atoms with van der Waals surface area (Å²) in [6.45, 7) is 3.98. The summed E-state index contributed by atoms with van der Waals surface area (Å²) in [5.74, 6) is 1.32. The fourth-order valence-electron chi connectivity index (χ4n) is 1.53. The predicted molar refractivity (Wildman–Crippen MR) is 80.9 cm³/mol. The first-order chi connectivity index (χ1) is 9.65. The molecule has 0 bridgehead atoms. The number of benzene rings is 1. The summed E-state index contributed by atoms with van der Waals surface area (Å²) >= 11 is 1.11. The Bertz CT molecular complexity index is 656. The zero-order valence-electron chi connectivity index (χ0n) is 11.7. The maximum Gasteiger partial charge on any atom is 0.241 e. The molecule has 0 atom stereocenters. The molecule has 106 valence electrons. The highest BCUT2D eigenvalue weighted by Crippen LogP contribution is 2.17. The minimum absolute atomic E-state index is 0.335. The molecule has 0 fully saturated rings. The van der Waals surface area contributed by atoms with Crippen molar-refractivity contribution < 1.29 is 4.74 Å². The van der Waals surface area contributed by atoms with Crippen LogP contribution in [0.3, 0.4) is 0 Å². The first-order valence-electron chi connectivity index (χ1n) is 6.22. The van der Waals surface area contributed by atoms with Crippen molar-refractivity contribution in [2.24, 2.45) is 5.10 Å². The van der Waals surface area contributed by atoms with Crippen LogP contribution >= 0.6 is 11.5 Å². The molecule has 1 aromatic carbocycles. The Morgan fingerprint density at radius 2 is 2.15 bits per heavy atom. The fourth-order valence-corrected chi connectivity index (χ4v) is 2.10. The number of nitrogens with one attached hydrogen (secondary N) is 2. The van der Waals surface area contributed by atoms with Gasteiger partial charge in [0.1, 0.15) is 5.75 Å². The van der Waals surface area contributed by atoms with Gasteiger partial charge in [-0.25, -0.2) is 5.43 Å². The molecule has 0 aliphatic rings. The molecular weight excluding hydrogens is 274 g/mol. The van der Waals surface area contributed by atoms with E-state index < -0.39 is 0 Å². The third-order valence-electron chi connectivity index (χ3n) is 2.82. The SMILES string of the molecule is CC/C(C)=N\Nc1nsc(=N)n1-c1ccc(OC)cc1. The van der Waals surface area contributed by atoms with Gasteiger partial charge in [-0.15, -0.1) is 0 Å². The average molecular weight is 291 g/mol. The molecule has 0 unspecified atom stereocenters. The van der Waals surface area contributed by atoms with E-state index in [0.717, 1.165) is 35.1 Å². The fraction of sp³-hybridized carbons (Fsp3) is 0.308. The van der Waals surface area contributed by atoms with E-state index >= 15 is 0 Å². The van der Waals surface area contributed by atoms with E-state index in [2.05, 4.69) is 14.9 Å². The topological polar surface area (TPSA) is 75.3 Å². The quantitative estimate of drug-likeness (QED) is 0.657. The smallest absolute Gasteiger partial charge is 0.241 e. The lowest BCUT2D eigenvalue weighted by Crippen LogP contribution is -2.13. The van der Waals surface area contributed by atoms with Gasteiger partial charge in [0.15, 0.2) is 0 Å². The van der Waals surface area contributed by atoms with E-state index in [1.807, 2.05) is 38.1 Å². The summed E-state index contributed by atoms with van der Waals surface area (Å²) in [4.78, 5) is 0.335. The Hall–Kier alpha value is -2.15. The number of ether oxygens (including phenoxy) is 1. The zero-order chi connectivity index (χ0) is 14.5. The lowest BCUT2D eigenvalue weighted by Gasteiger charge is -2.07. The first-order valence-corrected chi connectivity index (χ1v) is 7.00. The third-order valence-corrected chi connectivity index (χ3v) is 3.44. The van der Waals surface area contributed by atoms with Crippen molar-refractivity contribution in [3.05, 3.63) is 29.1 Å². The summed E-state index contributed by atoms with van der Waals surface area (Å²) in [5.41, 5.74) is 4.73. The van der Waals surface area contributed by atoms with Crippen molar-refractivity contribution in [2.45, 2.75) is 20.3 Å². The van der Waals surface area contributed by atoms with E-state index in [-0.39, 0.29) is 0 Å². The highest BCUT2D eigenvalue weighted by Gasteiger charge is 2.08. The summed E-state index contributed by atoms with van der Waals surface area (Å²) in [6, 6.07) is 7.47. The molecule has 0 radical (unpaired) electrons. The van der Waals surface area contributed by atoms with Crippen LogP contribution in [0, 0.1) is 5.41 Å². The standard InChI is InChI=1S/C13H17N5OS/c1-4-9(2)15-16-13-17-20-12(14)18(13)10-5-7-11(19-3)8-6-10/h5-8,14H,4H2,1-3H3,(H,16,17)/b14-12?,15-9-. The number of hydrogen-bond acceptors (Lipinski definition) is 6. The van der Waals surface area contributed by atoms with Crippen LogP contribution in [0.5, 0.6) is 5.75 Å². The number of nitrogens with zero attached hydrogens (tertiary/aromatic N) is 3. The Morgan fingerprint density at radius 1 is 1.45 bits per heavy atom. The number of rotatable bonds is 5. The third kappa shape index (κ3) is 3.05. The van der Waals surface area contributed by atoms with Gasteiger partial charge in [-0.3, -0.25) is 9.98 Å². The van der Waals surface area contributed by atoms with Gasteiger partial charge in [0.25, 0.3) is 0 Å². The van der Waals surface area contributed by atoms with Gasteiger partial charge in [0, 0.05) is 17.2 Å². The van der Waals surface area contributed by atoms with Crippen LogP contribution in [0.1, 0.15) is 20.3 Å². The number of aromatic nitrogens is 2. The van der Waals surface area contributed by atoms with Crippen LogP contribution in [0.15, 0.2) is 29.4 Å². The van der Waals surface area contributed by atoms with Gasteiger partial charge in [-0.1, -0.05) is 6.92 Å². The van der Waals surface area contributed by atoms with Crippen LogP contribution in [0.2, 0.25) is 0 Å². The minimum Gasteiger partial charge on any atom is -0.497 e. The second-order valence-corrected chi connectivity index (χ2v) is 4.91. The zero-order valence-corrected chi connectivity index (χ0v) is 12.5. The van der Waals surface area contributed by atoms with Gasteiger partial charge in [0.2, 0.25) is 10.7 Å². The average Bonchev–Trinajstić information content (AvgIpc) is 2.85. The van der Waals surface area contributed by atoms with Gasteiger partial charge >= 0.3 is 0 Å². The van der Waals surface area contributed by atoms with Crippen molar-refractivity contribution in [3.8, 4) is 11.4 Å². The predicted octanol–water partition coefficient (Wildman–Crippen LogP) is 2.62. The van der Waals surface area contributed by atoms with Gasteiger partial charge in [-0.2, -0.15) is 9.47 Å². The molecule has 0 aliphatic heterocycles. The lowest BCUT2D eigenvalue weighted by molar-refractivity contribution is 0.414. The molecule has 0 saturated carbocycles. The van der Waals surface area contributed by atoms with Crippen LogP contribution in [-0.2, 0) is 0 Å². The molecule has 2 aromatic rings. The largest absolute Gasteiger partial charge is 0.497 e.